The number of imide groups is 1. The predicted octanol–water partition coefficient (Wildman–Crippen LogP) is 5.29. The zero-order chi connectivity index (χ0) is 32.7. The summed E-state index contributed by atoms with van der Waals surface area (Å²) in [5.74, 6) is -2.32. The number of urea groups is 1. The Morgan fingerprint density at radius 3 is 2.39 bits per heavy atom. The molecule has 6 rings (SSSR count). The predicted molar refractivity (Wildman–Crippen MR) is 162 cm³/mol. The molecule has 3 aromatic carbocycles. The van der Waals surface area contributed by atoms with E-state index in [2.05, 4.69) is 20.8 Å². The van der Waals surface area contributed by atoms with Gasteiger partial charge >= 0.3 is 18.1 Å². The molecule has 2 N–H and O–H groups in total. The maximum atomic E-state index is 13.9. The van der Waals surface area contributed by atoms with E-state index < -0.39 is 41.7 Å². The van der Waals surface area contributed by atoms with Crippen LogP contribution in [0.3, 0.4) is 0 Å². The van der Waals surface area contributed by atoms with Crippen LogP contribution in [-0.2, 0) is 26.6 Å². The summed E-state index contributed by atoms with van der Waals surface area (Å²) < 4.78 is 47.7. The van der Waals surface area contributed by atoms with E-state index >= 15 is 0 Å². The average molecular weight is 632 g/mol. The van der Waals surface area contributed by atoms with Gasteiger partial charge in [-0.3, -0.25) is 19.9 Å². The number of nitrogens with zero attached hydrogens (tertiary/aromatic N) is 3. The first-order valence-corrected chi connectivity index (χ1v) is 14.3. The van der Waals surface area contributed by atoms with Crippen LogP contribution in [0.2, 0.25) is 0 Å². The standard InChI is InChI=1S/C33H28F3N5O5/c1-20-16-21(25-10-6-7-11-26(25)37-20)18-45-24-14-12-22(13-15-24)32(17-27(40-46-32)31(2)28(42)38-30(44)39-31)19-41(29(43)33(34,35)36)23-8-4-3-5-9-23/h3-16H,17-19H2,1-2H3,(H2,38,39,42,44). The lowest BCUT2D eigenvalue weighted by atomic mass is 9.82. The number of anilines is 1. The van der Waals surface area contributed by atoms with Crippen molar-refractivity contribution in [3.05, 3.63) is 102 Å². The zero-order valence-electron chi connectivity index (χ0n) is 24.7. The number of hydrogen-bond acceptors (Lipinski definition) is 7. The maximum Gasteiger partial charge on any atom is 0.471 e. The maximum absolute atomic E-state index is 13.9. The Bertz CT molecular complexity index is 1870. The third kappa shape index (κ3) is 5.71. The number of aryl methyl sites for hydroxylation is 1. The number of para-hydroxylation sites is 2. The number of nitrogens with one attached hydrogen (secondary N) is 2. The number of carbonyl (C=O) groups is 3. The number of alkyl halides is 3. The number of aromatic nitrogens is 1. The fourth-order valence-corrected chi connectivity index (χ4v) is 5.65. The van der Waals surface area contributed by atoms with E-state index in [4.69, 9.17) is 9.57 Å². The van der Waals surface area contributed by atoms with E-state index in [1.165, 1.54) is 31.2 Å². The molecule has 2 unspecified atom stereocenters. The van der Waals surface area contributed by atoms with Gasteiger partial charge in [-0.15, -0.1) is 0 Å². The highest BCUT2D eigenvalue weighted by Gasteiger charge is 2.55. The van der Waals surface area contributed by atoms with Gasteiger partial charge in [0.25, 0.3) is 5.91 Å². The number of hydrogen-bond donors (Lipinski definition) is 2. The highest BCUT2D eigenvalue weighted by Crippen LogP contribution is 2.41. The van der Waals surface area contributed by atoms with Crippen LogP contribution in [-0.4, -0.2) is 46.8 Å². The minimum atomic E-state index is -5.20. The normalized spacial score (nSPS) is 20.9. The summed E-state index contributed by atoms with van der Waals surface area (Å²) in [6.07, 6.45) is -5.41. The molecule has 2 aliphatic rings. The van der Waals surface area contributed by atoms with E-state index in [1.807, 2.05) is 37.3 Å². The number of ether oxygens (including phenoxy) is 1. The Kier molecular flexibility index (Phi) is 7.62. The molecule has 1 saturated heterocycles. The van der Waals surface area contributed by atoms with E-state index in [9.17, 15) is 27.6 Å². The summed E-state index contributed by atoms with van der Waals surface area (Å²) >= 11 is 0. The smallest absolute Gasteiger partial charge is 0.471 e. The van der Waals surface area contributed by atoms with Crippen molar-refractivity contribution in [2.24, 2.45) is 5.16 Å². The molecular formula is C33H28F3N5O5. The van der Waals surface area contributed by atoms with Gasteiger partial charge in [0.1, 0.15) is 12.4 Å². The zero-order valence-corrected chi connectivity index (χ0v) is 24.7. The number of rotatable bonds is 8. The highest BCUT2D eigenvalue weighted by molar-refractivity contribution is 6.22. The van der Waals surface area contributed by atoms with E-state index in [0.717, 1.165) is 22.2 Å². The first-order valence-electron chi connectivity index (χ1n) is 14.3. The van der Waals surface area contributed by atoms with Crippen molar-refractivity contribution < 1.29 is 37.1 Å². The molecular weight excluding hydrogens is 603 g/mol. The Morgan fingerprint density at radius 2 is 1.72 bits per heavy atom. The molecule has 13 heteroatoms. The highest BCUT2D eigenvalue weighted by atomic mass is 19.4. The minimum Gasteiger partial charge on any atom is -0.489 e. The van der Waals surface area contributed by atoms with Gasteiger partial charge in [-0.25, -0.2) is 4.79 Å². The molecule has 4 amide bonds. The molecule has 3 heterocycles. The first-order chi connectivity index (χ1) is 21.9. The van der Waals surface area contributed by atoms with Gasteiger partial charge in [-0.1, -0.05) is 53.7 Å². The van der Waals surface area contributed by atoms with Gasteiger partial charge in [-0.2, -0.15) is 13.2 Å². The van der Waals surface area contributed by atoms with Gasteiger partial charge in [0.2, 0.25) is 0 Å². The van der Waals surface area contributed by atoms with Crippen molar-refractivity contribution in [1.82, 2.24) is 15.6 Å². The molecule has 1 fully saturated rings. The summed E-state index contributed by atoms with van der Waals surface area (Å²) in [7, 11) is 0. The molecule has 0 radical (unpaired) electrons. The van der Waals surface area contributed by atoms with Crippen molar-refractivity contribution in [1.29, 1.82) is 0 Å². The van der Waals surface area contributed by atoms with E-state index in [1.54, 1.807) is 30.3 Å². The van der Waals surface area contributed by atoms with Crippen LogP contribution in [0.1, 0.15) is 30.2 Å². The van der Waals surface area contributed by atoms with Crippen LogP contribution in [0.15, 0.2) is 90.1 Å². The second kappa shape index (κ2) is 11.5. The topological polar surface area (TPSA) is 122 Å². The summed E-state index contributed by atoms with van der Waals surface area (Å²) in [5.41, 5.74) is -0.254. The largest absolute Gasteiger partial charge is 0.489 e. The van der Waals surface area contributed by atoms with Crippen LogP contribution in [0.25, 0.3) is 10.9 Å². The van der Waals surface area contributed by atoms with Crippen LogP contribution < -0.4 is 20.3 Å². The van der Waals surface area contributed by atoms with Gasteiger partial charge in [0.15, 0.2) is 11.1 Å². The van der Waals surface area contributed by atoms with Crippen LogP contribution in [0.4, 0.5) is 23.7 Å². The third-order valence-corrected chi connectivity index (χ3v) is 8.08. The Labute approximate surface area is 261 Å². The molecule has 236 valence electrons. The average Bonchev–Trinajstić information content (AvgIpc) is 3.59. The van der Waals surface area contributed by atoms with Gasteiger partial charge in [0, 0.05) is 34.3 Å². The summed E-state index contributed by atoms with van der Waals surface area (Å²) in [6.45, 7) is 2.93. The van der Waals surface area contributed by atoms with E-state index in [0.29, 0.717) is 16.2 Å². The number of amides is 4. The molecule has 0 saturated carbocycles. The van der Waals surface area contributed by atoms with E-state index in [-0.39, 0.29) is 24.4 Å². The lowest BCUT2D eigenvalue weighted by molar-refractivity contribution is -0.171. The number of carbonyl (C=O) groups excluding carboxylic acids is 3. The van der Waals surface area contributed by atoms with Gasteiger partial charge < -0.3 is 19.8 Å². The quantitative estimate of drug-likeness (QED) is 0.255. The number of halogens is 3. The van der Waals surface area contributed by atoms with Gasteiger partial charge in [-0.05, 0) is 50.2 Å². The summed E-state index contributed by atoms with van der Waals surface area (Å²) in [5, 5.41) is 9.69. The second-order valence-corrected chi connectivity index (χ2v) is 11.3. The Morgan fingerprint density at radius 1 is 1.02 bits per heavy atom. The molecule has 1 aromatic heterocycles. The minimum absolute atomic E-state index is 0.0146. The Balaban J connectivity index is 1.33. The number of pyridine rings is 1. The van der Waals surface area contributed by atoms with Crippen LogP contribution in [0.5, 0.6) is 5.75 Å². The fraction of sp³-hybridized carbons (Fsp3) is 0.242. The van der Waals surface area contributed by atoms with Crippen LogP contribution in [0, 0.1) is 6.92 Å². The molecule has 0 spiro atoms. The molecule has 2 atom stereocenters. The number of fused-ring (bicyclic) bond motifs is 1. The lowest BCUT2D eigenvalue weighted by Crippen LogP contribution is -2.53. The third-order valence-electron chi connectivity index (χ3n) is 8.08. The SMILES string of the molecule is Cc1cc(COc2ccc(C3(CN(C(=O)C(F)(F)F)c4ccccc4)CC(C4(C)NC(=O)NC4=O)=NO3)cc2)c2ccccc2n1. The van der Waals surface area contributed by atoms with Crippen molar-refractivity contribution in [2.45, 2.75) is 44.2 Å². The molecule has 4 aromatic rings. The van der Waals surface area contributed by atoms with Gasteiger partial charge in [0.05, 0.1) is 17.8 Å². The van der Waals surface area contributed by atoms with Crippen molar-refractivity contribution in [2.75, 3.05) is 11.4 Å². The monoisotopic (exact) mass is 631 g/mol. The second-order valence-electron chi connectivity index (χ2n) is 11.3. The number of oxime groups is 1. The molecule has 10 nitrogen and oxygen atoms in total. The van der Waals surface area contributed by atoms with Crippen LogP contribution >= 0.6 is 0 Å². The molecule has 0 aliphatic carbocycles. The lowest BCUT2D eigenvalue weighted by Gasteiger charge is -2.34. The van der Waals surface area contributed by atoms with Crippen molar-refractivity contribution in [3.63, 3.8) is 0 Å². The fourth-order valence-electron chi connectivity index (χ4n) is 5.65. The molecule has 0 bridgehead atoms. The van der Waals surface area contributed by atoms with Crippen molar-refractivity contribution in [3.8, 4) is 5.75 Å². The molecule has 2 aliphatic heterocycles. The summed E-state index contributed by atoms with van der Waals surface area (Å²) in [4.78, 5) is 48.5. The van der Waals surface area contributed by atoms with Crippen molar-refractivity contribution >= 4 is 40.1 Å². The summed E-state index contributed by atoms with van der Waals surface area (Å²) in [6, 6.07) is 22.8. The molecule has 46 heavy (non-hydrogen) atoms. The Hall–Kier alpha value is -5.46. The first kappa shape index (κ1) is 30.6. The number of benzene rings is 3.